The standard InChI is InChI=1S/C22H44O2/c1-3-5-7-8-11-14-18-21(17-6-4-2)19-15-12-9-10-13-16-20-22(23)24/h21H,3-20H2,1-2H3,(H,23,24). The average molecular weight is 341 g/mol. The van der Waals surface area contributed by atoms with E-state index in [4.69, 9.17) is 5.11 Å². The summed E-state index contributed by atoms with van der Waals surface area (Å²) in [5.74, 6) is 0.312. The Morgan fingerprint density at radius 3 is 1.54 bits per heavy atom. The lowest BCUT2D eigenvalue weighted by Gasteiger charge is -2.16. The minimum Gasteiger partial charge on any atom is -0.481 e. The maximum absolute atomic E-state index is 10.5. The van der Waals surface area contributed by atoms with Crippen molar-refractivity contribution in [2.24, 2.45) is 5.92 Å². The van der Waals surface area contributed by atoms with Crippen molar-refractivity contribution in [1.82, 2.24) is 0 Å². The average Bonchev–Trinajstić information content (AvgIpc) is 2.56. The molecule has 0 aromatic carbocycles. The minimum atomic E-state index is -0.650. The van der Waals surface area contributed by atoms with Gasteiger partial charge in [-0.15, -0.1) is 0 Å². The predicted octanol–water partition coefficient (Wildman–Crippen LogP) is 7.75. The van der Waals surface area contributed by atoms with Crippen molar-refractivity contribution < 1.29 is 9.90 Å². The first-order valence-electron chi connectivity index (χ1n) is 10.9. The first-order valence-corrected chi connectivity index (χ1v) is 10.9. The highest BCUT2D eigenvalue weighted by Gasteiger charge is 2.08. The SMILES string of the molecule is CCCCCCCCC(CCCC)CCCCCCCCC(=O)O. The van der Waals surface area contributed by atoms with Gasteiger partial charge in [-0.3, -0.25) is 4.79 Å². The fourth-order valence-corrected chi connectivity index (χ4v) is 3.56. The van der Waals surface area contributed by atoms with Crippen LogP contribution in [0.3, 0.4) is 0 Å². The first-order chi connectivity index (χ1) is 11.7. The molecule has 0 radical (unpaired) electrons. The van der Waals surface area contributed by atoms with Gasteiger partial charge in [-0.25, -0.2) is 0 Å². The van der Waals surface area contributed by atoms with E-state index in [1.165, 1.54) is 96.3 Å². The van der Waals surface area contributed by atoms with E-state index in [1.54, 1.807) is 0 Å². The molecule has 0 saturated carbocycles. The molecule has 2 nitrogen and oxygen atoms in total. The molecular formula is C22H44O2. The van der Waals surface area contributed by atoms with Gasteiger partial charge in [0, 0.05) is 6.42 Å². The second-order valence-corrected chi connectivity index (χ2v) is 7.62. The van der Waals surface area contributed by atoms with Crippen molar-refractivity contribution in [1.29, 1.82) is 0 Å². The Labute approximate surface area is 151 Å². The molecule has 0 bridgehead atoms. The Morgan fingerprint density at radius 2 is 1.04 bits per heavy atom. The zero-order chi connectivity index (χ0) is 17.9. The van der Waals surface area contributed by atoms with Crippen LogP contribution < -0.4 is 0 Å². The summed E-state index contributed by atoms with van der Waals surface area (Å²) in [5, 5.41) is 8.62. The van der Waals surface area contributed by atoms with E-state index < -0.39 is 5.97 Å². The maximum atomic E-state index is 10.5. The van der Waals surface area contributed by atoms with Gasteiger partial charge in [0.05, 0.1) is 0 Å². The van der Waals surface area contributed by atoms with Crippen LogP contribution in [0, 0.1) is 5.92 Å². The Balaban J connectivity index is 3.58. The van der Waals surface area contributed by atoms with Crippen LogP contribution in [0.5, 0.6) is 0 Å². The molecule has 0 heterocycles. The number of rotatable bonds is 19. The van der Waals surface area contributed by atoms with E-state index in [-0.39, 0.29) is 0 Å². The van der Waals surface area contributed by atoms with E-state index in [1.807, 2.05) is 0 Å². The third-order valence-electron chi connectivity index (χ3n) is 5.18. The number of hydrogen-bond acceptors (Lipinski definition) is 1. The normalized spacial score (nSPS) is 12.4. The van der Waals surface area contributed by atoms with Gasteiger partial charge in [-0.2, -0.15) is 0 Å². The van der Waals surface area contributed by atoms with Crippen molar-refractivity contribution in [3.8, 4) is 0 Å². The quantitative estimate of drug-likeness (QED) is 0.244. The molecule has 1 unspecified atom stereocenters. The molecule has 0 rings (SSSR count). The van der Waals surface area contributed by atoms with Gasteiger partial charge in [0.1, 0.15) is 0 Å². The number of unbranched alkanes of at least 4 members (excludes halogenated alkanes) is 11. The summed E-state index contributed by atoms with van der Waals surface area (Å²) in [4.78, 5) is 10.5. The van der Waals surface area contributed by atoms with Crippen molar-refractivity contribution >= 4 is 5.97 Å². The van der Waals surface area contributed by atoms with Crippen LogP contribution in [-0.4, -0.2) is 11.1 Å². The Kier molecular flexibility index (Phi) is 18.4. The van der Waals surface area contributed by atoms with Crippen LogP contribution in [0.4, 0.5) is 0 Å². The Bertz CT molecular complexity index is 263. The van der Waals surface area contributed by atoms with Gasteiger partial charge < -0.3 is 5.11 Å². The fourth-order valence-electron chi connectivity index (χ4n) is 3.56. The summed E-state index contributed by atoms with van der Waals surface area (Å²) in [6.07, 6.45) is 23.0. The van der Waals surface area contributed by atoms with E-state index in [0.29, 0.717) is 6.42 Å². The largest absolute Gasteiger partial charge is 0.481 e. The zero-order valence-corrected chi connectivity index (χ0v) is 16.7. The molecule has 0 aliphatic heterocycles. The van der Waals surface area contributed by atoms with Crippen LogP contribution >= 0.6 is 0 Å². The van der Waals surface area contributed by atoms with Crippen molar-refractivity contribution in [3.05, 3.63) is 0 Å². The molecule has 1 atom stereocenters. The van der Waals surface area contributed by atoms with Gasteiger partial charge in [0.2, 0.25) is 0 Å². The highest BCUT2D eigenvalue weighted by molar-refractivity contribution is 5.66. The molecule has 0 aliphatic rings. The number of carboxylic acids is 1. The van der Waals surface area contributed by atoms with Gasteiger partial charge in [-0.05, 0) is 12.3 Å². The molecule has 1 N–H and O–H groups in total. The predicted molar refractivity (Wildman–Crippen MR) is 106 cm³/mol. The monoisotopic (exact) mass is 340 g/mol. The lowest BCUT2D eigenvalue weighted by Crippen LogP contribution is -2.01. The van der Waals surface area contributed by atoms with E-state index in [0.717, 1.165) is 18.8 Å². The van der Waals surface area contributed by atoms with Crippen LogP contribution in [-0.2, 0) is 4.79 Å². The van der Waals surface area contributed by atoms with Crippen LogP contribution in [0.2, 0.25) is 0 Å². The van der Waals surface area contributed by atoms with Crippen molar-refractivity contribution in [2.45, 2.75) is 129 Å². The number of carbonyl (C=O) groups is 1. The van der Waals surface area contributed by atoms with Gasteiger partial charge in [-0.1, -0.05) is 117 Å². The molecule has 2 heteroatoms. The summed E-state index contributed by atoms with van der Waals surface area (Å²) >= 11 is 0. The molecule has 0 aromatic heterocycles. The third kappa shape index (κ3) is 17.8. The van der Waals surface area contributed by atoms with Gasteiger partial charge in [0.15, 0.2) is 0 Å². The summed E-state index contributed by atoms with van der Waals surface area (Å²) in [6.45, 7) is 4.59. The van der Waals surface area contributed by atoms with E-state index in [2.05, 4.69) is 13.8 Å². The van der Waals surface area contributed by atoms with Crippen LogP contribution in [0.15, 0.2) is 0 Å². The summed E-state index contributed by atoms with van der Waals surface area (Å²) in [5.41, 5.74) is 0. The summed E-state index contributed by atoms with van der Waals surface area (Å²) in [6, 6.07) is 0. The van der Waals surface area contributed by atoms with Crippen molar-refractivity contribution in [2.75, 3.05) is 0 Å². The third-order valence-corrected chi connectivity index (χ3v) is 5.18. The molecule has 0 aromatic rings. The minimum absolute atomic E-state index is 0.345. The molecule has 0 aliphatic carbocycles. The smallest absolute Gasteiger partial charge is 0.303 e. The zero-order valence-electron chi connectivity index (χ0n) is 16.7. The van der Waals surface area contributed by atoms with Crippen LogP contribution in [0.25, 0.3) is 0 Å². The fraction of sp³-hybridized carbons (Fsp3) is 0.955. The topological polar surface area (TPSA) is 37.3 Å². The maximum Gasteiger partial charge on any atom is 0.303 e. The first kappa shape index (κ1) is 23.5. The Hall–Kier alpha value is -0.530. The van der Waals surface area contributed by atoms with Crippen molar-refractivity contribution in [3.63, 3.8) is 0 Å². The molecule has 0 fully saturated rings. The van der Waals surface area contributed by atoms with Gasteiger partial charge >= 0.3 is 5.97 Å². The number of carboxylic acid groups (broad SMARTS) is 1. The number of aliphatic carboxylic acids is 1. The lowest BCUT2D eigenvalue weighted by atomic mass is 9.90. The lowest BCUT2D eigenvalue weighted by molar-refractivity contribution is -0.137. The highest BCUT2D eigenvalue weighted by atomic mass is 16.4. The Morgan fingerprint density at radius 1 is 0.625 bits per heavy atom. The second kappa shape index (κ2) is 18.8. The van der Waals surface area contributed by atoms with Gasteiger partial charge in [0.25, 0.3) is 0 Å². The second-order valence-electron chi connectivity index (χ2n) is 7.62. The summed E-state index contributed by atoms with van der Waals surface area (Å²) in [7, 11) is 0. The molecule has 0 spiro atoms. The highest BCUT2D eigenvalue weighted by Crippen LogP contribution is 2.24. The molecule has 144 valence electrons. The molecule has 0 saturated heterocycles. The summed E-state index contributed by atoms with van der Waals surface area (Å²) < 4.78 is 0. The molecule has 0 amide bonds. The van der Waals surface area contributed by atoms with Crippen LogP contribution in [0.1, 0.15) is 129 Å². The molecular weight excluding hydrogens is 296 g/mol. The molecule has 24 heavy (non-hydrogen) atoms. The van der Waals surface area contributed by atoms with E-state index in [9.17, 15) is 4.79 Å². The van der Waals surface area contributed by atoms with E-state index >= 15 is 0 Å². The number of hydrogen-bond donors (Lipinski definition) is 1.